The quantitative estimate of drug-likeness (QED) is 0.471. The fraction of sp³-hybridized carbons (Fsp3) is 0.273. The minimum absolute atomic E-state index is 0.000196. The molecule has 3 aliphatic carbocycles. The average molecular weight is 394 g/mol. The van der Waals surface area contributed by atoms with Crippen molar-refractivity contribution >= 4 is 11.1 Å². The van der Waals surface area contributed by atoms with Crippen molar-refractivity contribution in [2.24, 2.45) is 11.8 Å². The molecule has 0 aliphatic heterocycles. The van der Waals surface area contributed by atoms with Gasteiger partial charge in [0.05, 0.1) is 11.1 Å². The van der Waals surface area contributed by atoms with Crippen molar-refractivity contribution in [2.75, 3.05) is 0 Å². The molecule has 0 aromatic heterocycles. The molecular weight excluding hydrogens is 378 g/mol. The average Bonchev–Trinajstić information content (AvgIpc) is 2.67. The van der Waals surface area contributed by atoms with Crippen LogP contribution in [0, 0.1) is 11.8 Å². The van der Waals surface area contributed by atoms with Gasteiger partial charge in [0.25, 0.3) is 0 Å². The lowest BCUT2D eigenvalue weighted by molar-refractivity contribution is -0.143. The van der Waals surface area contributed by atoms with E-state index in [4.69, 9.17) is 0 Å². The first-order chi connectivity index (χ1) is 13.1. The van der Waals surface area contributed by atoms with E-state index in [-0.39, 0.29) is 23.5 Å². The lowest BCUT2D eigenvalue weighted by atomic mass is 9.69. The monoisotopic (exact) mass is 394 g/mol. The predicted octanol–water partition coefficient (Wildman–Crippen LogP) is 7.23. The molecular formula is C22H16F6. The topological polar surface area (TPSA) is 0 Å². The lowest BCUT2D eigenvalue weighted by Crippen LogP contribution is -2.21. The van der Waals surface area contributed by atoms with Crippen molar-refractivity contribution in [2.45, 2.75) is 25.2 Å². The van der Waals surface area contributed by atoms with E-state index in [1.54, 1.807) is 0 Å². The van der Waals surface area contributed by atoms with Crippen LogP contribution in [-0.4, -0.2) is 0 Å². The summed E-state index contributed by atoms with van der Waals surface area (Å²) < 4.78 is 79.1. The third-order valence-corrected chi connectivity index (χ3v) is 5.38. The van der Waals surface area contributed by atoms with Crippen LogP contribution >= 0.6 is 0 Å². The van der Waals surface area contributed by atoms with E-state index < -0.39 is 23.5 Å². The normalized spacial score (nSPS) is 22.1. The molecule has 2 unspecified atom stereocenters. The molecule has 0 nitrogen and oxygen atoms in total. The third-order valence-electron chi connectivity index (χ3n) is 5.38. The van der Waals surface area contributed by atoms with Crippen LogP contribution in [0.5, 0.6) is 0 Å². The van der Waals surface area contributed by atoms with Crippen LogP contribution in [0.2, 0.25) is 0 Å². The number of allylic oxidation sites excluding steroid dienone is 4. The highest BCUT2D eigenvalue weighted by molar-refractivity contribution is 5.82. The van der Waals surface area contributed by atoms with Crippen LogP contribution in [0.15, 0.2) is 60.7 Å². The van der Waals surface area contributed by atoms with E-state index >= 15 is 0 Å². The van der Waals surface area contributed by atoms with E-state index in [0.29, 0.717) is 12.0 Å². The van der Waals surface area contributed by atoms with Gasteiger partial charge in [-0.25, -0.2) is 0 Å². The molecule has 5 rings (SSSR count). The van der Waals surface area contributed by atoms with Crippen molar-refractivity contribution in [3.8, 4) is 0 Å². The molecule has 0 saturated heterocycles. The Balaban J connectivity index is 1.77. The fourth-order valence-corrected chi connectivity index (χ4v) is 4.07. The summed E-state index contributed by atoms with van der Waals surface area (Å²) in [6.07, 6.45) is -4.30. The van der Waals surface area contributed by atoms with Gasteiger partial charge < -0.3 is 0 Å². The molecule has 2 bridgehead atoms. The van der Waals surface area contributed by atoms with Crippen LogP contribution in [-0.2, 0) is 12.4 Å². The van der Waals surface area contributed by atoms with Gasteiger partial charge in [0.15, 0.2) is 0 Å². The summed E-state index contributed by atoms with van der Waals surface area (Å²) in [5.74, 6) is -0.198. The van der Waals surface area contributed by atoms with E-state index in [1.807, 2.05) is 42.5 Å². The van der Waals surface area contributed by atoms with Gasteiger partial charge in [0.2, 0.25) is 0 Å². The van der Waals surface area contributed by atoms with Crippen LogP contribution in [0.1, 0.15) is 35.1 Å². The fourth-order valence-electron chi connectivity index (χ4n) is 4.07. The Morgan fingerprint density at radius 1 is 0.607 bits per heavy atom. The summed E-state index contributed by atoms with van der Waals surface area (Å²) in [5.41, 5.74) is 0.128. The van der Waals surface area contributed by atoms with E-state index in [1.165, 1.54) is 0 Å². The van der Waals surface area contributed by atoms with Gasteiger partial charge in [-0.1, -0.05) is 42.5 Å². The van der Waals surface area contributed by atoms with E-state index in [2.05, 4.69) is 0 Å². The minimum Gasteiger partial charge on any atom is -0.166 e. The standard InChI is InChI=1S/C22H16F6/c23-21(24,25)17-8-16(9-18(12-17)22(26,27)28)20-11-14-6-7-15(20)10-19(14)13-4-2-1-3-5-13/h1-5,8-12,14-15H,6-7H2. The van der Waals surface area contributed by atoms with E-state index in [0.717, 1.165) is 29.7 Å². The Labute approximate surface area is 158 Å². The number of benzene rings is 2. The first kappa shape index (κ1) is 18.8. The molecule has 6 heteroatoms. The summed E-state index contributed by atoms with van der Waals surface area (Å²) in [7, 11) is 0. The number of hydrogen-bond donors (Lipinski definition) is 0. The van der Waals surface area contributed by atoms with Gasteiger partial charge in [0.1, 0.15) is 0 Å². The highest BCUT2D eigenvalue weighted by atomic mass is 19.4. The van der Waals surface area contributed by atoms with Gasteiger partial charge >= 0.3 is 12.4 Å². The Bertz CT molecular complexity index is 915. The Kier molecular flexibility index (Phi) is 4.40. The van der Waals surface area contributed by atoms with Crippen LogP contribution in [0.3, 0.4) is 0 Å². The second kappa shape index (κ2) is 6.54. The van der Waals surface area contributed by atoms with Gasteiger partial charge in [-0.2, -0.15) is 26.3 Å². The zero-order valence-electron chi connectivity index (χ0n) is 14.6. The predicted molar refractivity (Wildman–Crippen MR) is 95.1 cm³/mol. The molecule has 3 aliphatic rings. The molecule has 0 N–H and O–H groups in total. The highest BCUT2D eigenvalue weighted by Gasteiger charge is 2.38. The molecule has 0 amide bonds. The minimum atomic E-state index is -4.84. The van der Waals surface area contributed by atoms with Gasteiger partial charge in [-0.15, -0.1) is 0 Å². The molecule has 2 aromatic carbocycles. The highest BCUT2D eigenvalue weighted by Crippen LogP contribution is 2.48. The SMILES string of the molecule is FC(F)(F)c1cc(C2=CC3CCC2C=C3c2ccccc2)cc(C(F)(F)F)c1. The van der Waals surface area contributed by atoms with Gasteiger partial charge in [-0.05, 0) is 53.3 Å². The van der Waals surface area contributed by atoms with Crippen molar-refractivity contribution in [1.82, 2.24) is 0 Å². The van der Waals surface area contributed by atoms with Gasteiger partial charge in [0, 0.05) is 11.8 Å². The summed E-state index contributed by atoms with van der Waals surface area (Å²) in [5, 5.41) is 0. The first-order valence-electron chi connectivity index (χ1n) is 8.91. The third kappa shape index (κ3) is 3.48. The Morgan fingerprint density at radius 3 is 1.50 bits per heavy atom. The maximum absolute atomic E-state index is 13.2. The lowest BCUT2D eigenvalue weighted by Gasteiger charge is -2.36. The number of halogens is 6. The second-order valence-electron chi connectivity index (χ2n) is 7.19. The molecule has 146 valence electrons. The van der Waals surface area contributed by atoms with Crippen molar-refractivity contribution < 1.29 is 26.3 Å². The largest absolute Gasteiger partial charge is 0.416 e. The van der Waals surface area contributed by atoms with Crippen LogP contribution in [0.25, 0.3) is 11.1 Å². The molecule has 2 aromatic rings. The molecule has 0 saturated carbocycles. The van der Waals surface area contributed by atoms with Gasteiger partial charge in [-0.3, -0.25) is 0 Å². The molecule has 2 atom stereocenters. The second-order valence-corrected chi connectivity index (χ2v) is 7.19. The summed E-state index contributed by atoms with van der Waals surface area (Å²) in [6, 6.07) is 11.5. The number of fused-ring (bicyclic) bond motifs is 1. The number of hydrogen-bond acceptors (Lipinski definition) is 0. The summed E-state index contributed by atoms with van der Waals surface area (Å²) in [6.45, 7) is 0. The van der Waals surface area contributed by atoms with Crippen molar-refractivity contribution in [3.63, 3.8) is 0 Å². The van der Waals surface area contributed by atoms with Crippen LogP contribution < -0.4 is 0 Å². The zero-order valence-corrected chi connectivity index (χ0v) is 14.6. The number of alkyl halides is 6. The van der Waals surface area contributed by atoms with Crippen LogP contribution in [0.4, 0.5) is 26.3 Å². The molecule has 0 fully saturated rings. The molecule has 28 heavy (non-hydrogen) atoms. The summed E-state index contributed by atoms with van der Waals surface area (Å²) in [4.78, 5) is 0. The Morgan fingerprint density at radius 2 is 1.07 bits per heavy atom. The first-order valence-corrected chi connectivity index (χ1v) is 8.91. The molecule has 0 heterocycles. The molecule has 0 radical (unpaired) electrons. The smallest absolute Gasteiger partial charge is 0.166 e. The zero-order chi connectivity index (χ0) is 20.1. The maximum atomic E-state index is 13.2. The van der Waals surface area contributed by atoms with E-state index in [9.17, 15) is 26.3 Å². The Hall–Kier alpha value is -2.50. The van der Waals surface area contributed by atoms with Crippen molar-refractivity contribution in [1.29, 1.82) is 0 Å². The maximum Gasteiger partial charge on any atom is 0.416 e. The molecule has 0 spiro atoms. The summed E-state index contributed by atoms with van der Waals surface area (Å²) >= 11 is 0. The number of rotatable bonds is 2. The van der Waals surface area contributed by atoms with Crippen molar-refractivity contribution in [3.05, 3.63) is 82.9 Å².